The van der Waals surface area contributed by atoms with Gasteiger partial charge in [-0.2, -0.15) is 0 Å². The van der Waals surface area contributed by atoms with Gasteiger partial charge in [0.05, 0.1) is 18.8 Å². The second-order valence-corrected chi connectivity index (χ2v) is 6.01. The van der Waals surface area contributed by atoms with Crippen LogP contribution in [-0.2, 0) is 13.1 Å². The maximum absolute atomic E-state index is 12.9. The number of nitrogens with one attached hydrogen (secondary N) is 2. The van der Waals surface area contributed by atoms with Gasteiger partial charge in [-0.1, -0.05) is 28.7 Å². The van der Waals surface area contributed by atoms with E-state index in [4.69, 9.17) is 0 Å². The van der Waals surface area contributed by atoms with Crippen molar-refractivity contribution < 1.29 is 9.18 Å². The summed E-state index contributed by atoms with van der Waals surface area (Å²) in [4.78, 5) is 25.7. The second kappa shape index (κ2) is 6.75. The summed E-state index contributed by atoms with van der Waals surface area (Å²) in [6, 6.07) is 6.06. The number of benzene rings is 1. The van der Waals surface area contributed by atoms with Crippen LogP contribution in [0.4, 0.5) is 4.39 Å². The summed E-state index contributed by atoms with van der Waals surface area (Å²) in [7, 11) is 0. The lowest BCUT2D eigenvalue weighted by Crippen LogP contribution is -2.24. The molecule has 1 amide bonds. The van der Waals surface area contributed by atoms with Gasteiger partial charge in [0.1, 0.15) is 5.82 Å². The van der Waals surface area contributed by atoms with Crippen LogP contribution in [0.3, 0.4) is 0 Å². The zero-order valence-corrected chi connectivity index (χ0v) is 13.6. The summed E-state index contributed by atoms with van der Waals surface area (Å²) in [6.07, 6.45) is 0. The third-order valence-corrected chi connectivity index (χ3v) is 4.17. The molecule has 0 aliphatic heterocycles. The highest BCUT2D eigenvalue weighted by Gasteiger charge is 2.16. The molecular weight excluding hydrogens is 333 g/mol. The highest BCUT2D eigenvalue weighted by Crippen LogP contribution is 2.09. The van der Waals surface area contributed by atoms with Crippen LogP contribution in [0.1, 0.15) is 27.4 Å². The molecule has 0 saturated heterocycles. The summed E-state index contributed by atoms with van der Waals surface area (Å²) >= 11 is 1.04. The third kappa shape index (κ3) is 3.57. The molecule has 3 rings (SSSR count). The van der Waals surface area contributed by atoms with Gasteiger partial charge in [-0.3, -0.25) is 9.59 Å². The molecule has 24 heavy (non-hydrogen) atoms. The van der Waals surface area contributed by atoms with Crippen molar-refractivity contribution in [2.45, 2.75) is 20.0 Å². The molecule has 0 saturated carbocycles. The molecule has 0 fully saturated rings. The summed E-state index contributed by atoms with van der Waals surface area (Å²) in [5, 5.41) is 12.2. The van der Waals surface area contributed by atoms with Crippen LogP contribution >= 0.6 is 11.3 Å². The molecule has 3 aromatic rings. The van der Waals surface area contributed by atoms with Gasteiger partial charge in [-0.25, -0.2) is 9.07 Å². The van der Waals surface area contributed by atoms with Crippen LogP contribution in [0.15, 0.2) is 34.4 Å². The van der Waals surface area contributed by atoms with Gasteiger partial charge >= 0.3 is 4.87 Å². The van der Waals surface area contributed by atoms with E-state index in [1.54, 1.807) is 29.1 Å². The lowest BCUT2D eigenvalue weighted by atomic mass is 10.2. The SMILES string of the molecule is Cc1c(C(=O)NCc2csc(=O)[nH]2)nnn1Cc1ccc(F)cc1. The monoisotopic (exact) mass is 347 g/mol. The van der Waals surface area contributed by atoms with Crippen molar-refractivity contribution in [2.75, 3.05) is 0 Å². The average molecular weight is 347 g/mol. The largest absolute Gasteiger partial charge is 0.345 e. The zero-order chi connectivity index (χ0) is 17.1. The Kier molecular flexibility index (Phi) is 4.52. The maximum Gasteiger partial charge on any atom is 0.304 e. The summed E-state index contributed by atoms with van der Waals surface area (Å²) < 4.78 is 14.5. The number of nitrogens with zero attached hydrogens (tertiary/aromatic N) is 3. The van der Waals surface area contributed by atoms with E-state index in [1.165, 1.54) is 12.1 Å². The van der Waals surface area contributed by atoms with Gasteiger partial charge in [-0.15, -0.1) is 5.10 Å². The molecule has 2 N–H and O–H groups in total. The lowest BCUT2D eigenvalue weighted by Gasteiger charge is -2.05. The number of H-pyrrole nitrogens is 1. The topological polar surface area (TPSA) is 92.7 Å². The highest BCUT2D eigenvalue weighted by molar-refractivity contribution is 7.07. The number of carbonyl (C=O) groups excluding carboxylic acids is 1. The first-order valence-electron chi connectivity index (χ1n) is 7.12. The quantitative estimate of drug-likeness (QED) is 0.731. The zero-order valence-electron chi connectivity index (χ0n) is 12.7. The second-order valence-electron chi connectivity index (χ2n) is 5.16. The van der Waals surface area contributed by atoms with Crippen molar-refractivity contribution in [3.05, 3.63) is 67.8 Å². The first-order valence-corrected chi connectivity index (χ1v) is 8.00. The third-order valence-electron chi connectivity index (χ3n) is 3.45. The lowest BCUT2D eigenvalue weighted by molar-refractivity contribution is 0.0944. The minimum Gasteiger partial charge on any atom is -0.345 e. The molecule has 2 aromatic heterocycles. The molecule has 0 aliphatic rings. The van der Waals surface area contributed by atoms with E-state index in [1.807, 2.05) is 0 Å². The summed E-state index contributed by atoms with van der Waals surface area (Å²) in [6.45, 7) is 2.34. The Bertz CT molecular complexity index is 913. The van der Waals surface area contributed by atoms with E-state index in [2.05, 4.69) is 20.6 Å². The molecule has 0 bridgehead atoms. The van der Waals surface area contributed by atoms with Crippen molar-refractivity contribution in [1.82, 2.24) is 25.3 Å². The van der Waals surface area contributed by atoms with Crippen LogP contribution in [0.5, 0.6) is 0 Å². The number of amides is 1. The number of halogens is 1. The van der Waals surface area contributed by atoms with Crippen molar-refractivity contribution in [1.29, 1.82) is 0 Å². The number of hydrogen-bond acceptors (Lipinski definition) is 5. The van der Waals surface area contributed by atoms with Crippen molar-refractivity contribution in [3.8, 4) is 0 Å². The standard InChI is InChI=1S/C15H14FN5O2S/c1-9-13(14(22)17-6-12-8-24-15(23)18-12)19-20-21(9)7-10-2-4-11(16)5-3-10/h2-5,8H,6-7H2,1H3,(H,17,22)(H,18,23). The Hall–Kier alpha value is -2.81. The predicted octanol–water partition coefficient (Wildman–Crippen LogP) is 1.45. The Morgan fingerprint density at radius 2 is 2.12 bits per heavy atom. The van der Waals surface area contributed by atoms with Crippen LogP contribution in [0.2, 0.25) is 0 Å². The van der Waals surface area contributed by atoms with Gasteiger partial charge in [0.25, 0.3) is 5.91 Å². The normalized spacial score (nSPS) is 10.8. The molecule has 2 heterocycles. The van der Waals surface area contributed by atoms with Gasteiger partial charge < -0.3 is 10.3 Å². The van der Waals surface area contributed by atoms with Crippen LogP contribution < -0.4 is 10.2 Å². The van der Waals surface area contributed by atoms with E-state index in [0.29, 0.717) is 17.9 Å². The Balaban J connectivity index is 1.68. The van der Waals surface area contributed by atoms with Crippen molar-refractivity contribution in [2.24, 2.45) is 0 Å². The van der Waals surface area contributed by atoms with E-state index in [0.717, 1.165) is 16.9 Å². The molecule has 1 aromatic carbocycles. The number of aromatic nitrogens is 4. The Morgan fingerprint density at radius 1 is 1.38 bits per heavy atom. The molecule has 0 aliphatic carbocycles. The molecule has 0 spiro atoms. The first kappa shape index (κ1) is 16.1. The van der Waals surface area contributed by atoms with Crippen molar-refractivity contribution in [3.63, 3.8) is 0 Å². The number of hydrogen-bond donors (Lipinski definition) is 2. The molecule has 0 unspecified atom stereocenters. The number of thiazole rings is 1. The van der Waals surface area contributed by atoms with Gasteiger partial charge in [0.15, 0.2) is 5.69 Å². The van der Waals surface area contributed by atoms with Crippen LogP contribution in [-0.4, -0.2) is 25.9 Å². The Morgan fingerprint density at radius 3 is 2.79 bits per heavy atom. The average Bonchev–Trinajstić information content (AvgIpc) is 3.14. The van der Waals surface area contributed by atoms with Crippen LogP contribution in [0, 0.1) is 12.7 Å². The van der Waals surface area contributed by atoms with Crippen molar-refractivity contribution >= 4 is 17.2 Å². The van der Waals surface area contributed by atoms with Gasteiger partial charge in [-0.05, 0) is 24.6 Å². The Labute approximate surface area is 140 Å². The molecule has 9 heteroatoms. The molecule has 0 radical (unpaired) electrons. The van der Waals surface area contributed by atoms with Gasteiger partial charge in [0.2, 0.25) is 0 Å². The number of rotatable bonds is 5. The van der Waals surface area contributed by atoms with E-state index in [9.17, 15) is 14.0 Å². The minimum absolute atomic E-state index is 0.166. The molecule has 124 valence electrons. The molecule has 7 nitrogen and oxygen atoms in total. The fourth-order valence-corrected chi connectivity index (χ4v) is 2.72. The first-order chi connectivity index (χ1) is 11.5. The van der Waals surface area contributed by atoms with Gasteiger partial charge in [0, 0.05) is 11.1 Å². The van der Waals surface area contributed by atoms with E-state index >= 15 is 0 Å². The number of carbonyl (C=O) groups is 1. The van der Waals surface area contributed by atoms with E-state index in [-0.39, 0.29) is 28.8 Å². The van der Waals surface area contributed by atoms with Crippen LogP contribution in [0.25, 0.3) is 0 Å². The molecule has 0 atom stereocenters. The highest BCUT2D eigenvalue weighted by atomic mass is 32.1. The predicted molar refractivity (Wildman–Crippen MR) is 86.4 cm³/mol. The summed E-state index contributed by atoms with van der Waals surface area (Å²) in [5.74, 6) is -0.675. The van der Waals surface area contributed by atoms with E-state index < -0.39 is 0 Å². The fourth-order valence-electron chi connectivity index (χ4n) is 2.14. The fraction of sp³-hybridized carbons (Fsp3) is 0.200. The number of aromatic amines is 1. The molecular formula is C15H14FN5O2S. The smallest absolute Gasteiger partial charge is 0.304 e. The summed E-state index contributed by atoms with van der Waals surface area (Å²) in [5.41, 5.74) is 2.31. The maximum atomic E-state index is 12.9. The minimum atomic E-state index is -0.370.